The van der Waals surface area contributed by atoms with E-state index in [0.717, 1.165) is 26.2 Å². The van der Waals surface area contributed by atoms with Crippen molar-refractivity contribution in [1.82, 2.24) is 9.78 Å². The van der Waals surface area contributed by atoms with Gasteiger partial charge in [0.05, 0.1) is 13.2 Å². The van der Waals surface area contributed by atoms with Crippen molar-refractivity contribution in [3.63, 3.8) is 0 Å². The van der Waals surface area contributed by atoms with Crippen molar-refractivity contribution in [2.45, 2.75) is 25.4 Å². The molecule has 1 saturated heterocycles. The third-order valence-corrected chi connectivity index (χ3v) is 3.43. The molecule has 0 bridgehead atoms. The number of para-hydroxylation sites is 1. The summed E-state index contributed by atoms with van der Waals surface area (Å²) in [6, 6.07) is 10.8. The topological polar surface area (TPSA) is 39.1 Å². The molecule has 0 aliphatic carbocycles. The van der Waals surface area contributed by atoms with E-state index < -0.39 is 0 Å². The van der Waals surface area contributed by atoms with Gasteiger partial charge >= 0.3 is 0 Å². The molecule has 0 saturated carbocycles. The molecule has 2 aromatic rings. The number of benzene rings is 1. The maximum absolute atomic E-state index is 5.52. The molecular weight excluding hydrogens is 238 g/mol. The molecule has 100 valence electrons. The molecule has 1 aromatic carbocycles. The Bertz CT molecular complexity index is 504. The van der Waals surface area contributed by atoms with Gasteiger partial charge in [0.1, 0.15) is 0 Å². The molecule has 1 atom stereocenters. The highest BCUT2D eigenvalue weighted by molar-refractivity contribution is 5.51. The molecule has 1 aromatic heterocycles. The Morgan fingerprint density at radius 2 is 2.26 bits per heavy atom. The third-order valence-electron chi connectivity index (χ3n) is 3.43. The average Bonchev–Trinajstić information content (AvgIpc) is 2.95. The van der Waals surface area contributed by atoms with Crippen molar-refractivity contribution < 1.29 is 4.74 Å². The molecule has 1 fully saturated rings. The van der Waals surface area contributed by atoms with Crippen LogP contribution in [-0.4, -0.2) is 29.0 Å². The monoisotopic (exact) mass is 257 g/mol. The second-order valence-electron chi connectivity index (χ2n) is 4.92. The molecule has 2 heterocycles. The van der Waals surface area contributed by atoms with Crippen molar-refractivity contribution in [2.75, 3.05) is 18.5 Å². The van der Waals surface area contributed by atoms with Crippen LogP contribution in [0.4, 0.5) is 5.69 Å². The minimum Gasteiger partial charge on any atom is -0.380 e. The fraction of sp³-hybridized carbons (Fsp3) is 0.400. The molecule has 0 radical (unpaired) electrons. The van der Waals surface area contributed by atoms with Crippen LogP contribution < -0.4 is 5.32 Å². The van der Waals surface area contributed by atoms with Gasteiger partial charge in [-0.2, -0.15) is 5.10 Å². The van der Waals surface area contributed by atoms with Crippen LogP contribution in [0.15, 0.2) is 42.7 Å². The summed E-state index contributed by atoms with van der Waals surface area (Å²) in [5.41, 5.74) is 2.45. The second kappa shape index (κ2) is 5.89. The Balaban J connectivity index is 1.73. The summed E-state index contributed by atoms with van der Waals surface area (Å²) in [5, 5.41) is 7.86. The summed E-state index contributed by atoms with van der Waals surface area (Å²) in [7, 11) is 0. The SMILES string of the molecule is c1ccc(NC2CCCOC2)c(Cn2cccn2)c1. The van der Waals surface area contributed by atoms with Gasteiger partial charge in [-0.3, -0.25) is 4.68 Å². The molecule has 1 N–H and O–H groups in total. The Morgan fingerprint density at radius 1 is 1.32 bits per heavy atom. The molecule has 3 rings (SSSR count). The minimum absolute atomic E-state index is 0.424. The Kier molecular flexibility index (Phi) is 3.79. The van der Waals surface area contributed by atoms with Gasteiger partial charge in [0, 0.05) is 30.7 Å². The molecule has 4 heteroatoms. The van der Waals surface area contributed by atoms with E-state index in [0.29, 0.717) is 6.04 Å². The van der Waals surface area contributed by atoms with E-state index in [4.69, 9.17) is 4.74 Å². The van der Waals surface area contributed by atoms with Crippen molar-refractivity contribution in [2.24, 2.45) is 0 Å². The van der Waals surface area contributed by atoms with E-state index in [1.807, 2.05) is 23.1 Å². The molecule has 1 aliphatic heterocycles. The lowest BCUT2D eigenvalue weighted by Gasteiger charge is -2.25. The molecular formula is C15H19N3O. The number of hydrogen-bond donors (Lipinski definition) is 1. The van der Waals surface area contributed by atoms with Crippen LogP contribution in [0.2, 0.25) is 0 Å². The van der Waals surface area contributed by atoms with E-state index in [-0.39, 0.29) is 0 Å². The quantitative estimate of drug-likeness (QED) is 0.914. The summed E-state index contributed by atoms with van der Waals surface area (Å²) in [6.45, 7) is 2.49. The number of nitrogens with zero attached hydrogens (tertiary/aromatic N) is 2. The molecule has 0 spiro atoms. The number of anilines is 1. The highest BCUT2D eigenvalue weighted by Crippen LogP contribution is 2.19. The van der Waals surface area contributed by atoms with Gasteiger partial charge in [-0.1, -0.05) is 18.2 Å². The van der Waals surface area contributed by atoms with E-state index in [1.165, 1.54) is 17.7 Å². The zero-order valence-electron chi connectivity index (χ0n) is 11.0. The first-order chi connectivity index (χ1) is 9.42. The normalized spacial score (nSPS) is 19.3. The van der Waals surface area contributed by atoms with Gasteiger partial charge < -0.3 is 10.1 Å². The number of ether oxygens (including phenoxy) is 1. The van der Waals surface area contributed by atoms with Gasteiger partial charge in [-0.05, 0) is 30.5 Å². The molecule has 1 aliphatic rings. The minimum atomic E-state index is 0.424. The first-order valence-corrected chi connectivity index (χ1v) is 6.81. The molecule has 4 nitrogen and oxygen atoms in total. The highest BCUT2D eigenvalue weighted by atomic mass is 16.5. The Morgan fingerprint density at radius 3 is 3.05 bits per heavy atom. The third kappa shape index (κ3) is 3.15. The summed E-state index contributed by atoms with van der Waals surface area (Å²) < 4.78 is 7.46. The maximum Gasteiger partial charge on any atom is 0.0679 e. The Hall–Kier alpha value is -1.81. The van der Waals surface area contributed by atoms with Crippen LogP contribution in [0.25, 0.3) is 0 Å². The van der Waals surface area contributed by atoms with Crippen LogP contribution in [-0.2, 0) is 11.3 Å². The number of hydrogen-bond acceptors (Lipinski definition) is 3. The zero-order valence-corrected chi connectivity index (χ0v) is 11.0. The average molecular weight is 257 g/mol. The zero-order chi connectivity index (χ0) is 12.9. The van der Waals surface area contributed by atoms with Gasteiger partial charge in [0.2, 0.25) is 0 Å². The predicted octanol–water partition coefficient (Wildman–Crippen LogP) is 2.52. The fourth-order valence-corrected chi connectivity index (χ4v) is 2.44. The standard InChI is InChI=1S/C15H19N3O/c1-2-7-15(17-14-6-3-10-19-12-14)13(5-1)11-18-9-4-8-16-18/h1-2,4-5,7-9,14,17H,3,6,10-12H2. The summed E-state index contributed by atoms with van der Waals surface area (Å²) in [6.07, 6.45) is 6.11. The summed E-state index contributed by atoms with van der Waals surface area (Å²) in [5.74, 6) is 0. The van der Waals surface area contributed by atoms with Crippen LogP contribution in [0.3, 0.4) is 0 Å². The van der Waals surface area contributed by atoms with Crippen LogP contribution >= 0.6 is 0 Å². The molecule has 1 unspecified atom stereocenters. The predicted molar refractivity (Wildman–Crippen MR) is 75.2 cm³/mol. The summed E-state index contributed by atoms with van der Waals surface area (Å²) in [4.78, 5) is 0. The highest BCUT2D eigenvalue weighted by Gasteiger charge is 2.14. The summed E-state index contributed by atoms with van der Waals surface area (Å²) >= 11 is 0. The fourth-order valence-electron chi connectivity index (χ4n) is 2.44. The van der Waals surface area contributed by atoms with E-state index >= 15 is 0 Å². The van der Waals surface area contributed by atoms with Gasteiger partial charge in [-0.15, -0.1) is 0 Å². The van der Waals surface area contributed by atoms with Crippen molar-refractivity contribution in [1.29, 1.82) is 0 Å². The smallest absolute Gasteiger partial charge is 0.0679 e. The van der Waals surface area contributed by atoms with Gasteiger partial charge in [0.25, 0.3) is 0 Å². The molecule has 19 heavy (non-hydrogen) atoms. The first-order valence-electron chi connectivity index (χ1n) is 6.81. The number of nitrogens with one attached hydrogen (secondary N) is 1. The maximum atomic E-state index is 5.52. The van der Waals surface area contributed by atoms with E-state index in [9.17, 15) is 0 Å². The second-order valence-corrected chi connectivity index (χ2v) is 4.92. The lowest BCUT2D eigenvalue weighted by molar-refractivity contribution is 0.0876. The van der Waals surface area contributed by atoms with Crippen LogP contribution in [0.1, 0.15) is 18.4 Å². The largest absolute Gasteiger partial charge is 0.380 e. The van der Waals surface area contributed by atoms with Crippen LogP contribution in [0, 0.1) is 0 Å². The van der Waals surface area contributed by atoms with Crippen molar-refractivity contribution in [3.05, 3.63) is 48.3 Å². The van der Waals surface area contributed by atoms with Crippen molar-refractivity contribution in [3.8, 4) is 0 Å². The lowest BCUT2D eigenvalue weighted by atomic mass is 10.1. The van der Waals surface area contributed by atoms with Gasteiger partial charge in [0.15, 0.2) is 0 Å². The van der Waals surface area contributed by atoms with Gasteiger partial charge in [-0.25, -0.2) is 0 Å². The molecule has 0 amide bonds. The van der Waals surface area contributed by atoms with E-state index in [2.05, 4.69) is 34.7 Å². The first kappa shape index (κ1) is 12.2. The number of aromatic nitrogens is 2. The van der Waals surface area contributed by atoms with Crippen molar-refractivity contribution >= 4 is 5.69 Å². The van der Waals surface area contributed by atoms with Crippen LogP contribution in [0.5, 0.6) is 0 Å². The van der Waals surface area contributed by atoms with E-state index in [1.54, 1.807) is 0 Å². The Labute approximate surface area is 113 Å². The number of rotatable bonds is 4. The lowest BCUT2D eigenvalue weighted by Crippen LogP contribution is -2.30.